The first-order chi connectivity index (χ1) is 8.36. The average molecular weight is 260 g/mol. The van der Waals surface area contributed by atoms with Crippen molar-refractivity contribution in [1.82, 2.24) is 0 Å². The Hall–Kier alpha value is -1.43. The fraction of sp³-hybridized carbons (Fsp3) is 0.667. The second-order valence-corrected chi connectivity index (χ2v) is 4.08. The number of esters is 2. The van der Waals surface area contributed by atoms with Crippen LogP contribution in [0.5, 0.6) is 0 Å². The van der Waals surface area contributed by atoms with E-state index in [-0.39, 0.29) is 6.42 Å². The van der Waals surface area contributed by atoms with Crippen LogP contribution in [0, 0.1) is 0 Å². The SMILES string of the molecule is C=C[C@]1(CC)OC(OC(C)=O)[C@H](OC(C)=O)[C@@H]1F. The predicted octanol–water partition coefficient (Wildman–Crippen LogP) is 1.51. The molecule has 5 nitrogen and oxygen atoms in total. The fourth-order valence-electron chi connectivity index (χ4n) is 1.91. The molecule has 1 rings (SSSR count). The highest BCUT2D eigenvalue weighted by molar-refractivity contribution is 5.67. The first kappa shape index (κ1) is 14.6. The highest BCUT2D eigenvalue weighted by atomic mass is 19.1. The minimum absolute atomic E-state index is 0.285. The standard InChI is InChI=1S/C12H17FO5/c1-5-12(6-2)10(13)9(16-7(3)14)11(18-12)17-8(4)15/h5,9-11H,1,6H2,2-4H3/t9-,10+,11?,12-/m1/s1. The Labute approximate surface area is 105 Å². The Morgan fingerprint density at radius 1 is 1.39 bits per heavy atom. The van der Waals surface area contributed by atoms with E-state index in [0.29, 0.717) is 0 Å². The lowest BCUT2D eigenvalue weighted by Gasteiger charge is -2.24. The maximum atomic E-state index is 14.3. The summed E-state index contributed by atoms with van der Waals surface area (Å²) in [6, 6.07) is 0. The molecular weight excluding hydrogens is 243 g/mol. The largest absolute Gasteiger partial charge is 0.453 e. The van der Waals surface area contributed by atoms with Crippen molar-refractivity contribution in [1.29, 1.82) is 0 Å². The van der Waals surface area contributed by atoms with Gasteiger partial charge in [-0.3, -0.25) is 9.59 Å². The molecule has 0 aliphatic carbocycles. The van der Waals surface area contributed by atoms with E-state index in [1.165, 1.54) is 13.0 Å². The Morgan fingerprint density at radius 3 is 2.33 bits per heavy atom. The molecule has 1 heterocycles. The quantitative estimate of drug-likeness (QED) is 0.566. The molecule has 1 unspecified atom stereocenters. The summed E-state index contributed by atoms with van der Waals surface area (Å²) in [5, 5.41) is 0. The van der Waals surface area contributed by atoms with E-state index >= 15 is 0 Å². The normalized spacial score (nSPS) is 35.0. The molecule has 0 aromatic carbocycles. The van der Waals surface area contributed by atoms with Crippen LogP contribution < -0.4 is 0 Å². The molecule has 6 heteroatoms. The second-order valence-electron chi connectivity index (χ2n) is 4.08. The van der Waals surface area contributed by atoms with Crippen molar-refractivity contribution >= 4 is 11.9 Å². The number of carbonyl (C=O) groups is 2. The van der Waals surface area contributed by atoms with Gasteiger partial charge in [-0.25, -0.2) is 4.39 Å². The third-order valence-electron chi connectivity index (χ3n) is 2.84. The number of hydrogen-bond acceptors (Lipinski definition) is 5. The Morgan fingerprint density at radius 2 is 1.94 bits per heavy atom. The summed E-state index contributed by atoms with van der Waals surface area (Å²) in [6.07, 6.45) is -2.57. The zero-order valence-electron chi connectivity index (χ0n) is 10.6. The van der Waals surface area contributed by atoms with Gasteiger partial charge in [0.25, 0.3) is 0 Å². The highest BCUT2D eigenvalue weighted by Gasteiger charge is 2.56. The van der Waals surface area contributed by atoms with Gasteiger partial charge in [0.1, 0.15) is 5.60 Å². The summed E-state index contributed by atoms with van der Waals surface area (Å²) in [6.45, 7) is 7.54. The fourth-order valence-corrected chi connectivity index (χ4v) is 1.91. The van der Waals surface area contributed by atoms with Crippen LogP contribution in [0.15, 0.2) is 12.7 Å². The van der Waals surface area contributed by atoms with E-state index in [0.717, 1.165) is 6.92 Å². The monoisotopic (exact) mass is 260 g/mol. The van der Waals surface area contributed by atoms with Crippen molar-refractivity contribution in [3.8, 4) is 0 Å². The molecule has 1 fully saturated rings. The Balaban J connectivity index is 2.97. The number of hydrogen-bond donors (Lipinski definition) is 0. The molecule has 0 saturated carbocycles. The molecule has 0 radical (unpaired) electrons. The molecule has 102 valence electrons. The molecule has 0 aromatic heterocycles. The van der Waals surface area contributed by atoms with E-state index < -0.39 is 36.1 Å². The summed E-state index contributed by atoms with van der Waals surface area (Å²) in [5.74, 6) is -1.31. The lowest BCUT2D eigenvalue weighted by molar-refractivity contribution is -0.200. The smallest absolute Gasteiger partial charge is 0.305 e. The van der Waals surface area contributed by atoms with Crippen LogP contribution in [-0.2, 0) is 23.8 Å². The molecule has 1 saturated heterocycles. The lowest BCUT2D eigenvalue weighted by Crippen LogP contribution is -2.39. The maximum Gasteiger partial charge on any atom is 0.305 e. The number of rotatable bonds is 4. The van der Waals surface area contributed by atoms with E-state index in [1.54, 1.807) is 6.92 Å². The van der Waals surface area contributed by atoms with Gasteiger partial charge in [0.15, 0.2) is 12.3 Å². The zero-order valence-corrected chi connectivity index (χ0v) is 10.6. The van der Waals surface area contributed by atoms with Gasteiger partial charge in [0.2, 0.25) is 6.29 Å². The van der Waals surface area contributed by atoms with E-state index in [9.17, 15) is 14.0 Å². The molecule has 0 amide bonds. The minimum Gasteiger partial charge on any atom is -0.453 e. The number of ether oxygens (including phenoxy) is 3. The van der Waals surface area contributed by atoms with Crippen molar-refractivity contribution in [3.63, 3.8) is 0 Å². The summed E-state index contributed by atoms with van der Waals surface area (Å²) in [4.78, 5) is 21.9. The summed E-state index contributed by atoms with van der Waals surface area (Å²) < 4.78 is 29.3. The van der Waals surface area contributed by atoms with Crippen molar-refractivity contribution < 1.29 is 28.2 Å². The van der Waals surface area contributed by atoms with E-state index in [4.69, 9.17) is 14.2 Å². The molecular formula is C12H17FO5. The Bertz CT molecular complexity index is 356. The first-order valence-electron chi connectivity index (χ1n) is 5.66. The van der Waals surface area contributed by atoms with Crippen LogP contribution >= 0.6 is 0 Å². The van der Waals surface area contributed by atoms with Gasteiger partial charge in [-0.05, 0) is 6.42 Å². The van der Waals surface area contributed by atoms with Gasteiger partial charge >= 0.3 is 11.9 Å². The van der Waals surface area contributed by atoms with E-state index in [1.807, 2.05) is 0 Å². The van der Waals surface area contributed by atoms with E-state index in [2.05, 4.69) is 6.58 Å². The number of halogens is 1. The second kappa shape index (κ2) is 5.48. The molecule has 0 bridgehead atoms. The molecule has 1 aliphatic heterocycles. The number of carbonyl (C=O) groups excluding carboxylic acids is 2. The van der Waals surface area contributed by atoms with Crippen LogP contribution in [0.1, 0.15) is 27.2 Å². The minimum atomic E-state index is -1.63. The maximum absolute atomic E-state index is 14.3. The predicted molar refractivity (Wildman–Crippen MR) is 60.3 cm³/mol. The molecule has 0 aromatic rings. The van der Waals surface area contributed by atoms with Gasteiger partial charge in [0.05, 0.1) is 0 Å². The van der Waals surface area contributed by atoms with Crippen LogP contribution in [0.2, 0.25) is 0 Å². The summed E-state index contributed by atoms with van der Waals surface area (Å²) >= 11 is 0. The first-order valence-corrected chi connectivity index (χ1v) is 5.66. The molecule has 0 N–H and O–H groups in total. The van der Waals surface area contributed by atoms with Crippen molar-refractivity contribution in [2.75, 3.05) is 0 Å². The van der Waals surface area contributed by atoms with Crippen LogP contribution in [0.4, 0.5) is 4.39 Å². The van der Waals surface area contributed by atoms with Crippen LogP contribution in [-0.4, -0.2) is 36.1 Å². The van der Waals surface area contributed by atoms with Crippen LogP contribution in [0.3, 0.4) is 0 Å². The zero-order chi connectivity index (χ0) is 13.9. The van der Waals surface area contributed by atoms with Gasteiger partial charge in [-0.1, -0.05) is 13.0 Å². The molecule has 0 spiro atoms. The third-order valence-corrected chi connectivity index (χ3v) is 2.84. The molecule has 1 aliphatic rings. The number of alkyl halides is 1. The van der Waals surface area contributed by atoms with Crippen molar-refractivity contribution in [3.05, 3.63) is 12.7 Å². The van der Waals surface area contributed by atoms with Gasteiger partial charge in [0, 0.05) is 13.8 Å². The topological polar surface area (TPSA) is 61.8 Å². The molecule has 4 atom stereocenters. The highest BCUT2D eigenvalue weighted by Crippen LogP contribution is 2.39. The van der Waals surface area contributed by atoms with Crippen molar-refractivity contribution in [2.24, 2.45) is 0 Å². The van der Waals surface area contributed by atoms with Gasteiger partial charge in [-0.15, -0.1) is 6.58 Å². The van der Waals surface area contributed by atoms with Crippen molar-refractivity contribution in [2.45, 2.75) is 51.4 Å². The van der Waals surface area contributed by atoms with Crippen LogP contribution in [0.25, 0.3) is 0 Å². The summed E-state index contributed by atoms with van der Waals surface area (Å²) in [7, 11) is 0. The third kappa shape index (κ3) is 2.69. The molecule has 18 heavy (non-hydrogen) atoms. The Kier molecular flexibility index (Phi) is 4.45. The average Bonchev–Trinajstić information content (AvgIpc) is 2.53. The van der Waals surface area contributed by atoms with Gasteiger partial charge in [-0.2, -0.15) is 0 Å². The summed E-state index contributed by atoms with van der Waals surface area (Å²) in [5.41, 5.74) is -1.31. The van der Waals surface area contributed by atoms with Gasteiger partial charge < -0.3 is 14.2 Å². The lowest BCUT2D eigenvalue weighted by atomic mass is 9.94.